The van der Waals surface area contributed by atoms with Crippen LogP contribution in [-0.4, -0.2) is 29.4 Å². The molecule has 1 aromatic rings. The molecule has 21 heavy (non-hydrogen) atoms. The number of amides is 2. The molecule has 5 heteroatoms. The van der Waals surface area contributed by atoms with Gasteiger partial charge in [-0.15, -0.1) is 11.8 Å². The van der Waals surface area contributed by atoms with E-state index in [1.165, 1.54) is 17.3 Å². The van der Waals surface area contributed by atoms with Gasteiger partial charge in [-0.25, -0.2) is 0 Å². The topological polar surface area (TPSA) is 58.2 Å². The van der Waals surface area contributed by atoms with Gasteiger partial charge in [0.25, 0.3) is 0 Å². The Kier molecular flexibility index (Phi) is 5.67. The summed E-state index contributed by atoms with van der Waals surface area (Å²) in [6.07, 6.45) is 1.63. The second kappa shape index (κ2) is 7.50. The number of fused-ring (bicyclic) bond motifs is 1. The lowest BCUT2D eigenvalue weighted by molar-refractivity contribution is -0.118. The van der Waals surface area contributed by atoms with Crippen molar-refractivity contribution in [1.29, 1.82) is 0 Å². The van der Waals surface area contributed by atoms with Crippen molar-refractivity contribution in [3.63, 3.8) is 0 Å². The molecular weight excluding hydrogens is 284 g/mol. The van der Waals surface area contributed by atoms with Crippen LogP contribution in [0.2, 0.25) is 0 Å². The van der Waals surface area contributed by atoms with E-state index in [9.17, 15) is 9.59 Å². The number of carbonyl (C=O) groups excluding carboxylic acids is 2. The number of aryl methyl sites for hydroxylation is 1. The summed E-state index contributed by atoms with van der Waals surface area (Å²) < 4.78 is 0. The first kappa shape index (κ1) is 15.9. The first-order valence-corrected chi connectivity index (χ1v) is 8.38. The number of carbonyl (C=O) groups is 2. The molecule has 0 fully saturated rings. The Labute approximate surface area is 130 Å². The molecule has 0 bridgehead atoms. The minimum absolute atomic E-state index is 0.00149. The van der Waals surface area contributed by atoms with Crippen LogP contribution < -0.4 is 10.6 Å². The van der Waals surface area contributed by atoms with Gasteiger partial charge >= 0.3 is 0 Å². The van der Waals surface area contributed by atoms with Gasteiger partial charge in [-0.05, 0) is 30.4 Å². The first-order valence-electron chi connectivity index (χ1n) is 7.33. The average molecular weight is 306 g/mol. The van der Waals surface area contributed by atoms with Crippen LogP contribution in [0.1, 0.15) is 25.8 Å². The summed E-state index contributed by atoms with van der Waals surface area (Å²) in [4.78, 5) is 23.9. The standard InChI is InChI=1S/C16H22N2O2S/c1-11(2)9-17-15(19)10-21-14-8-7-12-5-3-4-6-13(12)18-16(14)20/h3-6,11,14H,7-10H2,1-2H3,(H,17,19)(H,18,20)/t14-/m0/s1. The summed E-state index contributed by atoms with van der Waals surface area (Å²) in [5.41, 5.74) is 2.06. The summed E-state index contributed by atoms with van der Waals surface area (Å²) in [5.74, 6) is 0.778. The number of hydrogen-bond acceptors (Lipinski definition) is 3. The predicted molar refractivity (Wildman–Crippen MR) is 87.5 cm³/mol. The molecule has 0 aliphatic carbocycles. The van der Waals surface area contributed by atoms with E-state index in [1.807, 2.05) is 24.3 Å². The maximum Gasteiger partial charge on any atom is 0.237 e. The molecule has 0 unspecified atom stereocenters. The van der Waals surface area contributed by atoms with Gasteiger partial charge in [-0.3, -0.25) is 9.59 Å². The predicted octanol–water partition coefficient (Wildman–Crippen LogP) is 2.45. The van der Waals surface area contributed by atoms with Gasteiger partial charge in [0.1, 0.15) is 0 Å². The summed E-state index contributed by atoms with van der Waals surface area (Å²) in [6, 6.07) is 7.87. The van der Waals surface area contributed by atoms with Crippen molar-refractivity contribution in [3.8, 4) is 0 Å². The number of hydrogen-bond donors (Lipinski definition) is 2. The second-order valence-electron chi connectivity index (χ2n) is 5.68. The van der Waals surface area contributed by atoms with Crippen LogP contribution in [-0.2, 0) is 16.0 Å². The Bertz CT molecular complexity index is 517. The van der Waals surface area contributed by atoms with Crippen molar-refractivity contribution in [2.75, 3.05) is 17.6 Å². The van der Waals surface area contributed by atoms with E-state index in [1.54, 1.807) is 0 Å². The van der Waals surface area contributed by atoms with E-state index in [-0.39, 0.29) is 17.1 Å². The number of nitrogens with one attached hydrogen (secondary N) is 2. The third kappa shape index (κ3) is 4.77. The lowest BCUT2D eigenvalue weighted by Crippen LogP contribution is -2.31. The van der Waals surface area contributed by atoms with Gasteiger partial charge in [0, 0.05) is 12.2 Å². The first-order chi connectivity index (χ1) is 10.1. The molecule has 1 atom stereocenters. The summed E-state index contributed by atoms with van der Waals surface area (Å²) in [5, 5.41) is 5.67. The Morgan fingerprint density at radius 1 is 1.43 bits per heavy atom. The zero-order valence-electron chi connectivity index (χ0n) is 12.5. The Balaban J connectivity index is 1.85. The van der Waals surface area contributed by atoms with E-state index < -0.39 is 0 Å². The van der Waals surface area contributed by atoms with Crippen molar-refractivity contribution in [3.05, 3.63) is 29.8 Å². The maximum atomic E-state index is 12.2. The number of rotatable bonds is 5. The molecule has 2 rings (SSSR count). The fourth-order valence-electron chi connectivity index (χ4n) is 2.20. The Morgan fingerprint density at radius 2 is 2.19 bits per heavy atom. The molecule has 1 aromatic carbocycles. The number of para-hydroxylation sites is 1. The van der Waals surface area contributed by atoms with Gasteiger partial charge in [0.05, 0.1) is 11.0 Å². The van der Waals surface area contributed by atoms with Gasteiger partial charge in [-0.1, -0.05) is 32.0 Å². The third-order valence-corrected chi connectivity index (χ3v) is 4.65. The number of anilines is 1. The van der Waals surface area contributed by atoms with Crippen molar-refractivity contribution < 1.29 is 9.59 Å². The van der Waals surface area contributed by atoms with Gasteiger partial charge in [-0.2, -0.15) is 0 Å². The Morgan fingerprint density at radius 3 is 2.95 bits per heavy atom. The minimum atomic E-state index is -0.165. The molecule has 0 spiro atoms. The van der Waals surface area contributed by atoms with Gasteiger partial charge in [0.2, 0.25) is 11.8 Å². The largest absolute Gasteiger partial charge is 0.355 e. The van der Waals surface area contributed by atoms with Crippen molar-refractivity contribution in [2.45, 2.75) is 31.9 Å². The normalized spacial score (nSPS) is 17.9. The summed E-state index contributed by atoms with van der Waals surface area (Å²) >= 11 is 1.43. The Hall–Kier alpha value is -1.49. The van der Waals surface area contributed by atoms with E-state index in [4.69, 9.17) is 0 Å². The number of thioether (sulfide) groups is 1. The van der Waals surface area contributed by atoms with Crippen LogP contribution in [0.3, 0.4) is 0 Å². The van der Waals surface area contributed by atoms with Crippen molar-refractivity contribution >= 4 is 29.3 Å². The molecule has 0 saturated heterocycles. The van der Waals surface area contributed by atoms with Crippen molar-refractivity contribution in [1.82, 2.24) is 5.32 Å². The van der Waals surface area contributed by atoms with Crippen LogP contribution in [0.25, 0.3) is 0 Å². The molecule has 2 N–H and O–H groups in total. The highest BCUT2D eigenvalue weighted by atomic mass is 32.2. The van der Waals surface area contributed by atoms with Crippen LogP contribution in [0, 0.1) is 5.92 Å². The maximum absolute atomic E-state index is 12.2. The monoisotopic (exact) mass is 306 g/mol. The molecular formula is C16H22N2O2S. The molecule has 0 radical (unpaired) electrons. The smallest absolute Gasteiger partial charge is 0.237 e. The molecule has 114 valence electrons. The van der Waals surface area contributed by atoms with Crippen LogP contribution in [0.15, 0.2) is 24.3 Å². The van der Waals surface area contributed by atoms with Crippen LogP contribution >= 0.6 is 11.8 Å². The van der Waals surface area contributed by atoms with E-state index in [0.717, 1.165) is 18.5 Å². The van der Waals surface area contributed by atoms with E-state index in [2.05, 4.69) is 24.5 Å². The zero-order chi connectivity index (χ0) is 15.2. The lowest BCUT2D eigenvalue weighted by atomic mass is 10.1. The van der Waals surface area contributed by atoms with E-state index in [0.29, 0.717) is 18.2 Å². The van der Waals surface area contributed by atoms with Gasteiger partial charge in [0.15, 0.2) is 0 Å². The molecule has 0 saturated carbocycles. The number of benzene rings is 1. The minimum Gasteiger partial charge on any atom is -0.355 e. The second-order valence-corrected chi connectivity index (χ2v) is 6.87. The highest BCUT2D eigenvalue weighted by Gasteiger charge is 2.24. The fraction of sp³-hybridized carbons (Fsp3) is 0.500. The summed E-state index contributed by atoms with van der Waals surface area (Å²) in [7, 11) is 0. The molecule has 2 amide bonds. The molecule has 0 aromatic heterocycles. The van der Waals surface area contributed by atoms with Gasteiger partial charge < -0.3 is 10.6 Å². The molecule has 1 aliphatic rings. The van der Waals surface area contributed by atoms with Crippen LogP contribution in [0.4, 0.5) is 5.69 Å². The average Bonchev–Trinajstić information content (AvgIpc) is 2.61. The highest BCUT2D eigenvalue weighted by molar-refractivity contribution is 8.01. The zero-order valence-corrected chi connectivity index (χ0v) is 13.3. The molecule has 1 heterocycles. The molecule has 4 nitrogen and oxygen atoms in total. The quantitative estimate of drug-likeness (QED) is 0.878. The highest BCUT2D eigenvalue weighted by Crippen LogP contribution is 2.26. The van der Waals surface area contributed by atoms with Crippen LogP contribution in [0.5, 0.6) is 0 Å². The lowest BCUT2D eigenvalue weighted by Gasteiger charge is -2.13. The fourth-order valence-corrected chi connectivity index (χ4v) is 3.14. The van der Waals surface area contributed by atoms with Crippen molar-refractivity contribution in [2.24, 2.45) is 5.92 Å². The third-order valence-electron chi connectivity index (χ3n) is 3.37. The summed E-state index contributed by atoms with van der Waals surface area (Å²) in [6.45, 7) is 4.80. The SMILES string of the molecule is CC(C)CNC(=O)CS[C@H]1CCc2ccccc2NC1=O. The molecule has 1 aliphatic heterocycles. The van der Waals surface area contributed by atoms with E-state index >= 15 is 0 Å².